The first-order valence-corrected chi connectivity index (χ1v) is 8.84. The number of nitrogens with one attached hydrogen (secondary N) is 2. The maximum absolute atomic E-state index is 12.7. The van der Waals surface area contributed by atoms with Gasteiger partial charge >= 0.3 is 0 Å². The predicted octanol–water partition coefficient (Wildman–Crippen LogP) is 3.79. The van der Waals surface area contributed by atoms with Crippen molar-refractivity contribution < 1.29 is 9.59 Å². The third-order valence-electron chi connectivity index (χ3n) is 5.56. The van der Waals surface area contributed by atoms with Crippen molar-refractivity contribution in [2.45, 2.75) is 72.3 Å². The van der Waals surface area contributed by atoms with Crippen LogP contribution in [0.5, 0.6) is 0 Å². The number of fused-ring (bicyclic) bond motifs is 1. The number of carbonyl (C=O) groups is 2. The Bertz CT molecular complexity index is 642. The Balaban J connectivity index is 1.84. The number of H-pyrrole nitrogens is 1. The van der Waals surface area contributed by atoms with Crippen LogP contribution in [-0.4, -0.2) is 22.7 Å². The molecule has 0 bridgehead atoms. The Labute approximate surface area is 138 Å². The molecular weight excluding hydrogens is 288 g/mol. The van der Waals surface area contributed by atoms with Crippen LogP contribution in [0.15, 0.2) is 0 Å². The van der Waals surface area contributed by atoms with Crippen LogP contribution in [0.2, 0.25) is 0 Å². The van der Waals surface area contributed by atoms with E-state index in [9.17, 15) is 9.59 Å². The van der Waals surface area contributed by atoms with Crippen molar-refractivity contribution in [2.75, 3.05) is 0 Å². The fourth-order valence-electron chi connectivity index (χ4n) is 4.23. The minimum atomic E-state index is -0.0544. The number of aromatic amines is 1. The number of ketones is 1. The van der Waals surface area contributed by atoms with Gasteiger partial charge < -0.3 is 10.3 Å². The Morgan fingerprint density at radius 1 is 1.22 bits per heavy atom. The van der Waals surface area contributed by atoms with E-state index in [2.05, 4.69) is 31.1 Å². The summed E-state index contributed by atoms with van der Waals surface area (Å²) in [6.45, 7) is 8.31. The van der Waals surface area contributed by atoms with Crippen molar-refractivity contribution in [3.63, 3.8) is 0 Å². The van der Waals surface area contributed by atoms with Crippen molar-refractivity contribution in [1.29, 1.82) is 0 Å². The Morgan fingerprint density at radius 2 is 1.91 bits per heavy atom. The zero-order valence-corrected chi connectivity index (χ0v) is 14.7. The molecule has 1 fully saturated rings. The third kappa shape index (κ3) is 3.08. The van der Waals surface area contributed by atoms with Crippen LogP contribution in [0.1, 0.15) is 85.0 Å². The molecule has 2 atom stereocenters. The lowest BCUT2D eigenvalue weighted by Crippen LogP contribution is -2.41. The lowest BCUT2D eigenvalue weighted by Gasteiger charge is -2.29. The van der Waals surface area contributed by atoms with Crippen molar-refractivity contribution in [3.8, 4) is 0 Å². The lowest BCUT2D eigenvalue weighted by atomic mass is 9.75. The van der Waals surface area contributed by atoms with Crippen LogP contribution in [-0.2, 0) is 6.42 Å². The highest BCUT2D eigenvalue weighted by atomic mass is 16.2. The van der Waals surface area contributed by atoms with Gasteiger partial charge in [0.1, 0.15) is 5.69 Å². The van der Waals surface area contributed by atoms with E-state index in [1.54, 1.807) is 0 Å². The fourth-order valence-corrected chi connectivity index (χ4v) is 4.23. The third-order valence-corrected chi connectivity index (χ3v) is 5.56. The molecule has 2 unspecified atom stereocenters. The van der Waals surface area contributed by atoms with E-state index in [-0.39, 0.29) is 23.1 Å². The normalized spacial score (nSPS) is 26.7. The molecule has 1 amide bonds. The average Bonchev–Trinajstić information content (AvgIpc) is 2.77. The quantitative estimate of drug-likeness (QED) is 0.872. The molecule has 0 radical (unpaired) electrons. The summed E-state index contributed by atoms with van der Waals surface area (Å²) < 4.78 is 0. The van der Waals surface area contributed by atoms with Gasteiger partial charge in [-0.15, -0.1) is 0 Å². The second-order valence-electron chi connectivity index (χ2n) is 8.26. The van der Waals surface area contributed by atoms with Gasteiger partial charge in [0.15, 0.2) is 5.78 Å². The summed E-state index contributed by atoms with van der Waals surface area (Å²) in [5.74, 6) is 0.634. The number of carbonyl (C=O) groups excluding carboxylic acids is 2. The van der Waals surface area contributed by atoms with Crippen molar-refractivity contribution in [1.82, 2.24) is 10.3 Å². The van der Waals surface area contributed by atoms with Gasteiger partial charge in [0.25, 0.3) is 5.91 Å². The summed E-state index contributed by atoms with van der Waals surface area (Å²) in [5, 5.41) is 3.19. The van der Waals surface area contributed by atoms with Crippen LogP contribution in [0.3, 0.4) is 0 Å². The number of hydrogen-bond donors (Lipinski definition) is 2. The van der Waals surface area contributed by atoms with Crippen LogP contribution >= 0.6 is 0 Å². The van der Waals surface area contributed by atoms with E-state index in [0.29, 0.717) is 18.0 Å². The van der Waals surface area contributed by atoms with Gasteiger partial charge in [-0.25, -0.2) is 0 Å². The number of amides is 1. The summed E-state index contributed by atoms with van der Waals surface area (Å²) in [6, 6.07) is 0.253. The molecule has 0 aliphatic heterocycles. The molecule has 126 valence electrons. The number of rotatable bonds is 2. The molecule has 2 N–H and O–H groups in total. The monoisotopic (exact) mass is 316 g/mol. The molecule has 1 saturated carbocycles. The van der Waals surface area contributed by atoms with Gasteiger partial charge in [-0.2, -0.15) is 0 Å². The highest BCUT2D eigenvalue weighted by Gasteiger charge is 2.35. The Morgan fingerprint density at radius 3 is 2.61 bits per heavy atom. The van der Waals surface area contributed by atoms with Gasteiger partial charge in [0, 0.05) is 23.7 Å². The largest absolute Gasteiger partial charge is 0.354 e. The molecule has 1 aromatic rings. The molecule has 3 rings (SSSR count). The lowest BCUT2D eigenvalue weighted by molar-refractivity contribution is 0.0899. The second kappa shape index (κ2) is 5.81. The number of hydrogen-bond acceptors (Lipinski definition) is 2. The van der Waals surface area contributed by atoms with Crippen molar-refractivity contribution in [2.24, 2.45) is 11.3 Å². The highest BCUT2D eigenvalue weighted by molar-refractivity contribution is 6.04. The molecule has 0 spiro atoms. The van der Waals surface area contributed by atoms with E-state index in [1.807, 2.05) is 6.92 Å². The van der Waals surface area contributed by atoms with Crippen molar-refractivity contribution in [3.05, 3.63) is 22.5 Å². The number of Topliss-reactive ketones (excluding diaryl/α,β-unsaturated/α-hetero) is 1. The molecule has 1 aromatic heterocycles. The van der Waals surface area contributed by atoms with Crippen LogP contribution in [0.4, 0.5) is 0 Å². The Hall–Kier alpha value is -1.58. The summed E-state index contributed by atoms with van der Waals surface area (Å²) in [4.78, 5) is 28.4. The maximum Gasteiger partial charge on any atom is 0.268 e. The molecule has 2 aliphatic carbocycles. The van der Waals surface area contributed by atoms with E-state index in [4.69, 9.17) is 0 Å². The topological polar surface area (TPSA) is 62.0 Å². The Kier molecular flexibility index (Phi) is 4.11. The molecule has 1 heterocycles. The van der Waals surface area contributed by atoms with E-state index < -0.39 is 0 Å². The van der Waals surface area contributed by atoms with Crippen molar-refractivity contribution >= 4 is 11.7 Å². The molecule has 4 nitrogen and oxygen atoms in total. The van der Waals surface area contributed by atoms with Gasteiger partial charge in [0.2, 0.25) is 0 Å². The smallest absolute Gasteiger partial charge is 0.268 e. The van der Waals surface area contributed by atoms with Crippen LogP contribution < -0.4 is 5.32 Å². The van der Waals surface area contributed by atoms with Crippen LogP contribution in [0.25, 0.3) is 0 Å². The fraction of sp³-hybridized carbons (Fsp3) is 0.684. The minimum absolute atomic E-state index is 0.0347. The van der Waals surface area contributed by atoms with E-state index >= 15 is 0 Å². The molecule has 0 aromatic carbocycles. The van der Waals surface area contributed by atoms with Crippen LogP contribution in [0, 0.1) is 18.3 Å². The summed E-state index contributed by atoms with van der Waals surface area (Å²) >= 11 is 0. The maximum atomic E-state index is 12.7. The molecule has 0 saturated heterocycles. The van der Waals surface area contributed by atoms with Gasteiger partial charge in [-0.1, -0.05) is 33.6 Å². The summed E-state index contributed by atoms with van der Waals surface area (Å²) in [7, 11) is 0. The predicted molar refractivity (Wildman–Crippen MR) is 90.8 cm³/mol. The SMILES string of the molecule is Cc1c(C(=O)NC2CCCCC2C)[nH]c2c1C(=O)CC(C)(C)C2. The van der Waals surface area contributed by atoms with Gasteiger partial charge in [-0.05, 0) is 43.1 Å². The number of aromatic nitrogens is 1. The second-order valence-corrected chi connectivity index (χ2v) is 8.26. The molecule has 23 heavy (non-hydrogen) atoms. The minimum Gasteiger partial charge on any atom is -0.354 e. The summed E-state index contributed by atoms with van der Waals surface area (Å²) in [6.07, 6.45) is 6.05. The standard InChI is InChI=1S/C19H28N2O2/c1-11-7-5-6-8-13(11)21-18(23)17-12(2)16-14(20-17)9-19(3,4)10-15(16)22/h11,13,20H,5-10H2,1-4H3,(H,21,23). The van der Waals surface area contributed by atoms with E-state index in [1.165, 1.54) is 19.3 Å². The average molecular weight is 316 g/mol. The first kappa shape index (κ1) is 16.3. The zero-order valence-electron chi connectivity index (χ0n) is 14.7. The van der Waals surface area contributed by atoms with Gasteiger partial charge in [0.05, 0.1) is 0 Å². The first-order valence-electron chi connectivity index (χ1n) is 8.84. The zero-order chi connectivity index (χ0) is 16.8. The van der Waals surface area contributed by atoms with Gasteiger partial charge in [-0.3, -0.25) is 9.59 Å². The molecular formula is C19H28N2O2. The first-order chi connectivity index (χ1) is 10.8. The molecule has 4 heteroatoms. The summed E-state index contributed by atoms with van der Waals surface area (Å²) in [5.41, 5.74) is 3.06. The van der Waals surface area contributed by atoms with E-state index in [0.717, 1.165) is 29.7 Å². The highest BCUT2D eigenvalue weighted by Crippen LogP contribution is 2.36. The molecule has 2 aliphatic rings.